The maximum absolute atomic E-state index is 5.90. The molecule has 0 saturated heterocycles. The zero-order valence-electron chi connectivity index (χ0n) is 12.1. The van der Waals surface area contributed by atoms with Gasteiger partial charge in [-0.25, -0.2) is 0 Å². The number of ether oxygens (including phenoxy) is 1. The predicted molar refractivity (Wildman–Crippen MR) is 82.9 cm³/mol. The van der Waals surface area contributed by atoms with Crippen molar-refractivity contribution in [2.45, 2.75) is 46.0 Å². The molecule has 0 aliphatic rings. The first-order valence-corrected chi connectivity index (χ1v) is 7.44. The molecule has 0 aliphatic heterocycles. The molecule has 0 amide bonds. The molecule has 0 bridgehead atoms. The number of benzene rings is 1. The van der Waals surface area contributed by atoms with E-state index in [1.54, 1.807) is 0 Å². The van der Waals surface area contributed by atoms with Gasteiger partial charge in [0.2, 0.25) is 0 Å². The zero-order valence-corrected chi connectivity index (χ0v) is 13.0. The summed E-state index contributed by atoms with van der Waals surface area (Å²) in [6.45, 7) is 9.64. The largest absolute Gasteiger partial charge is 0.493 e. The van der Waals surface area contributed by atoms with Crippen LogP contribution in [0.5, 0.6) is 5.75 Å². The molecule has 1 unspecified atom stereocenters. The van der Waals surface area contributed by atoms with Crippen molar-refractivity contribution < 1.29 is 4.74 Å². The van der Waals surface area contributed by atoms with Gasteiger partial charge >= 0.3 is 0 Å². The van der Waals surface area contributed by atoms with E-state index < -0.39 is 0 Å². The van der Waals surface area contributed by atoms with Crippen LogP contribution in [0.3, 0.4) is 0 Å². The standard InChI is InChI=1S/C16H26OS/c1-5-7-13(12-18)11-17-15-9-6-8-14(10-15)16(2,3)4/h6,8-10,13,18H,5,7,11-12H2,1-4H3. The van der Waals surface area contributed by atoms with Gasteiger partial charge in [0.05, 0.1) is 6.61 Å². The molecule has 0 radical (unpaired) electrons. The maximum Gasteiger partial charge on any atom is 0.119 e. The Kier molecular flexibility index (Phi) is 6.07. The van der Waals surface area contributed by atoms with E-state index in [-0.39, 0.29) is 5.41 Å². The van der Waals surface area contributed by atoms with Crippen LogP contribution in [0.1, 0.15) is 46.1 Å². The summed E-state index contributed by atoms with van der Waals surface area (Å²) in [5.41, 5.74) is 1.49. The average molecular weight is 266 g/mol. The monoisotopic (exact) mass is 266 g/mol. The van der Waals surface area contributed by atoms with Gasteiger partial charge in [0, 0.05) is 5.92 Å². The smallest absolute Gasteiger partial charge is 0.119 e. The third-order valence-electron chi connectivity index (χ3n) is 3.14. The molecule has 0 saturated carbocycles. The minimum atomic E-state index is 0.172. The maximum atomic E-state index is 5.90. The van der Waals surface area contributed by atoms with E-state index >= 15 is 0 Å². The van der Waals surface area contributed by atoms with E-state index in [4.69, 9.17) is 4.74 Å². The van der Waals surface area contributed by atoms with Crippen LogP contribution in [-0.2, 0) is 5.41 Å². The van der Waals surface area contributed by atoms with E-state index in [1.165, 1.54) is 18.4 Å². The second-order valence-corrected chi connectivity index (χ2v) is 6.29. The summed E-state index contributed by atoms with van der Waals surface area (Å²) in [5.74, 6) is 2.43. The van der Waals surface area contributed by atoms with Crippen LogP contribution in [0.2, 0.25) is 0 Å². The second kappa shape index (κ2) is 7.08. The molecule has 1 aromatic carbocycles. The highest BCUT2D eigenvalue weighted by Crippen LogP contribution is 2.26. The van der Waals surface area contributed by atoms with E-state index in [0.717, 1.165) is 18.1 Å². The van der Waals surface area contributed by atoms with E-state index in [2.05, 4.69) is 58.5 Å². The molecular formula is C16H26OS. The van der Waals surface area contributed by atoms with Crippen LogP contribution in [-0.4, -0.2) is 12.4 Å². The van der Waals surface area contributed by atoms with Gasteiger partial charge < -0.3 is 4.74 Å². The van der Waals surface area contributed by atoms with Crippen LogP contribution < -0.4 is 4.74 Å². The van der Waals surface area contributed by atoms with Crippen LogP contribution in [0.15, 0.2) is 24.3 Å². The molecular weight excluding hydrogens is 240 g/mol. The summed E-state index contributed by atoms with van der Waals surface area (Å²) in [4.78, 5) is 0. The molecule has 1 aromatic rings. The fourth-order valence-corrected chi connectivity index (χ4v) is 2.19. The Balaban J connectivity index is 2.62. The van der Waals surface area contributed by atoms with Crippen molar-refractivity contribution in [2.24, 2.45) is 5.92 Å². The van der Waals surface area contributed by atoms with E-state index in [0.29, 0.717) is 5.92 Å². The van der Waals surface area contributed by atoms with Crippen molar-refractivity contribution in [3.8, 4) is 5.75 Å². The molecule has 1 rings (SSSR count). The first-order chi connectivity index (χ1) is 8.47. The minimum absolute atomic E-state index is 0.172. The van der Waals surface area contributed by atoms with Gasteiger partial charge in [-0.1, -0.05) is 46.2 Å². The van der Waals surface area contributed by atoms with Gasteiger partial charge in [-0.15, -0.1) is 0 Å². The number of hydrogen-bond acceptors (Lipinski definition) is 2. The SMILES string of the molecule is CCCC(CS)COc1cccc(C(C)(C)C)c1. The Labute approximate surface area is 117 Å². The van der Waals surface area contributed by atoms with E-state index in [9.17, 15) is 0 Å². The summed E-state index contributed by atoms with van der Waals surface area (Å²) in [6, 6.07) is 8.43. The molecule has 0 N–H and O–H groups in total. The Bertz CT molecular complexity index is 354. The summed E-state index contributed by atoms with van der Waals surface area (Å²) in [5, 5.41) is 0. The van der Waals surface area contributed by atoms with Gasteiger partial charge in [-0.2, -0.15) is 12.6 Å². The Morgan fingerprint density at radius 1 is 1.28 bits per heavy atom. The van der Waals surface area contributed by atoms with Gasteiger partial charge in [0.15, 0.2) is 0 Å². The molecule has 1 atom stereocenters. The molecule has 0 aliphatic carbocycles. The summed E-state index contributed by atoms with van der Waals surface area (Å²) in [7, 11) is 0. The zero-order chi connectivity index (χ0) is 13.6. The van der Waals surface area contributed by atoms with Crippen molar-refractivity contribution in [2.75, 3.05) is 12.4 Å². The number of rotatable bonds is 6. The lowest BCUT2D eigenvalue weighted by molar-refractivity contribution is 0.254. The Hall–Kier alpha value is -0.630. The molecule has 102 valence electrons. The van der Waals surface area contributed by atoms with Gasteiger partial charge in [-0.3, -0.25) is 0 Å². The molecule has 0 aromatic heterocycles. The lowest BCUT2D eigenvalue weighted by Crippen LogP contribution is -2.14. The van der Waals surface area contributed by atoms with Gasteiger partial charge in [0.25, 0.3) is 0 Å². The highest BCUT2D eigenvalue weighted by molar-refractivity contribution is 7.80. The molecule has 0 heterocycles. The number of thiol groups is 1. The van der Waals surface area contributed by atoms with Crippen molar-refractivity contribution in [1.82, 2.24) is 0 Å². The fourth-order valence-electron chi connectivity index (χ4n) is 1.90. The normalized spacial score (nSPS) is 13.4. The molecule has 18 heavy (non-hydrogen) atoms. The summed E-state index contributed by atoms with van der Waals surface area (Å²) >= 11 is 4.38. The first kappa shape index (κ1) is 15.4. The minimum Gasteiger partial charge on any atom is -0.493 e. The van der Waals surface area contributed by atoms with E-state index in [1.807, 2.05) is 6.07 Å². The Morgan fingerprint density at radius 2 is 2.00 bits per heavy atom. The molecule has 2 heteroatoms. The lowest BCUT2D eigenvalue weighted by atomic mass is 9.87. The molecule has 1 nitrogen and oxygen atoms in total. The van der Waals surface area contributed by atoms with Gasteiger partial charge in [0.1, 0.15) is 5.75 Å². The van der Waals surface area contributed by atoms with Crippen LogP contribution in [0, 0.1) is 5.92 Å². The van der Waals surface area contributed by atoms with Crippen LogP contribution >= 0.6 is 12.6 Å². The van der Waals surface area contributed by atoms with Crippen LogP contribution in [0.25, 0.3) is 0 Å². The molecule has 0 fully saturated rings. The molecule has 0 spiro atoms. The summed E-state index contributed by atoms with van der Waals surface area (Å²) < 4.78 is 5.90. The first-order valence-electron chi connectivity index (χ1n) is 6.81. The predicted octanol–water partition coefficient (Wildman–Crippen LogP) is 4.71. The van der Waals surface area contributed by atoms with Crippen molar-refractivity contribution in [1.29, 1.82) is 0 Å². The van der Waals surface area contributed by atoms with Crippen LogP contribution in [0.4, 0.5) is 0 Å². The van der Waals surface area contributed by atoms with Crippen molar-refractivity contribution in [3.63, 3.8) is 0 Å². The summed E-state index contributed by atoms with van der Waals surface area (Å²) in [6.07, 6.45) is 2.37. The third kappa shape index (κ3) is 4.93. The highest BCUT2D eigenvalue weighted by atomic mass is 32.1. The quantitative estimate of drug-likeness (QED) is 0.734. The second-order valence-electron chi connectivity index (χ2n) is 5.93. The van der Waals surface area contributed by atoms with Gasteiger partial charge in [-0.05, 0) is 35.3 Å². The average Bonchev–Trinajstić information content (AvgIpc) is 2.34. The third-order valence-corrected chi connectivity index (χ3v) is 3.66. The Morgan fingerprint density at radius 3 is 2.56 bits per heavy atom. The topological polar surface area (TPSA) is 9.23 Å². The fraction of sp³-hybridized carbons (Fsp3) is 0.625. The number of hydrogen-bond donors (Lipinski definition) is 1. The highest BCUT2D eigenvalue weighted by Gasteiger charge is 2.14. The lowest BCUT2D eigenvalue weighted by Gasteiger charge is -2.20. The van der Waals surface area contributed by atoms with Crippen molar-refractivity contribution >= 4 is 12.6 Å². The van der Waals surface area contributed by atoms with Crippen molar-refractivity contribution in [3.05, 3.63) is 29.8 Å².